The van der Waals surface area contributed by atoms with Crippen molar-refractivity contribution in [1.82, 2.24) is 5.32 Å². The minimum absolute atomic E-state index is 0.139. The standard InChI is InChI=1S/C22H41NO8Si/c1-14(25)28-18(16-13-27-22(8,9)29-16)17(31-32(10,11)21(5,6)7)15(12-24)23-19(26)30-20(2,3)4/h12,15-18H,13H2,1-11H3,(H,23,26)/t15-,16-,17-,18-/m0/s1. The molecule has 1 heterocycles. The second-order valence-electron chi connectivity index (χ2n) is 11.1. The van der Waals surface area contributed by atoms with Gasteiger partial charge in [0.05, 0.1) is 6.61 Å². The Morgan fingerprint density at radius 2 is 1.72 bits per heavy atom. The number of nitrogens with one attached hydrogen (secondary N) is 1. The Bertz CT molecular complexity index is 680. The van der Waals surface area contributed by atoms with Crippen molar-refractivity contribution in [3.8, 4) is 0 Å². The molecule has 0 radical (unpaired) electrons. The minimum Gasteiger partial charge on any atom is -0.457 e. The molecule has 0 aliphatic carbocycles. The number of aldehydes is 1. The van der Waals surface area contributed by atoms with Crippen molar-refractivity contribution in [2.45, 2.75) is 116 Å². The number of esters is 1. The van der Waals surface area contributed by atoms with Crippen molar-refractivity contribution in [2.24, 2.45) is 0 Å². The summed E-state index contributed by atoms with van der Waals surface area (Å²) in [4.78, 5) is 36.6. The predicted octanol–water partition coefficient (Wildman–Crippen LogP) is 3.55. The van der Waals surface area contributed by atoms with Crippen LogP contribution in [0, 0.1) is 0 Å². The molecule has 1 amide bonds. The van der Waals surface area contributed by atoms with Crippen LogP contribution in [-0.2, 0) is 33.0 Å². The normalized spacial score (nSPS) is 21.9. The van der Waals surface area contributed by atoms with Gasteiger partial charge in [0.1, 0.15) is 30.1 Å². The monoisotopic (exact) mass is 475 g/mol. The lowest BCUT2D eigenvalue weighted by molar-refractivity contribution is -0.181. The molecule has 1 aliphatic heterocycles. The summed E-state index contributed by atoms with van der Waals surface area (Å²) in [5.41, 5.74) is -0.755. The summed E-state index contributed by atoms with van der Waals surface area (Å²) in [6.07, 6.45) is -2.89. The van der Waals surface area contributed by atoms with Gasteiger partial charge in [-0.2, -0.15) is 0 Å². The van der Waals surface area contributed by atoms with Crippen molar-refractivity contribution in [3.63, 3.8) is 0 Å². The SMILES string of the molecule is CC(=O)O[C@H]([C@@H](O[Si](C)(C)C(C)(C)C)[C@H](C=O)NC(=O)OC(C)(C)C)[C@@H]1COC(C)(C)O1. The molecule has 1 N–H and O–H groups in total. The van der Waals surface area contributed by atoms with E-state index >= 15 is 0 Å². The van der Waals surface area contributed by atoms with Gasteiger partial charge in [0, 0.05) is 6.92 Å². The highest BCUT2D eigenvalue weighted by molar-refractivity contribution is 6.74. The third-order valence-corrected chi connectivity index (χ3v) is 9.92. The second-order valence-corrected chi connectivity index (χ2v) is 15.8. The number of hydrogen-bond donors (Lipinski definition) is 1. The Balaban J connectivity index is 3.38. The Morgan fingerprint density at radius 1 is 1.16 bits per heavy atom. The first-order chi connectivity index (χ1) is 14.3. The maximum absolute atomic E-state index is 12.5. The quantitative estimate of drug-likeness (QED) is 0.322. The van der Waals surface area contributed by atoms with Crippen LogP contribution in [0.4, 0.5) is 4.79 Å². The Morgan fingerprint density at radius 3 is 2.09 bits per heavy atom. The lowest BCUT2D eigenvalue weighted by atomic mass is 10.0. The van der Waals surface area contributed by atoms with Gasteiger partial charge in [-0.25, -0.2) is 4.79 Å². The summed E-state index contributed by atoms with van der Waals surface area (Å²) in [5, 5.41) is 2.36. The molecule has 0 saturated carbocycles. The van der Waals surface area contributed by atoms with E-state index in [4.69, 9.17) is 23.4 Å². The average Bonchev–Trinajstić information content (AvgIpc) is 2.92. The van der Waals surface area contributed by atoms with Gasteiger partial charge in [-0.1, -0.05) is 20.8 Å². The number of amides is 1. The number of hydrogen-bond acceptors (Lipinski definition) is 8. The zero-order valence-corrected chi connectivity index (χ0v) is 22.4. The van der Waals surface area contributed by atoms with Crippen LogP contribution < -0.4 is 5.32 Å². The van der Waals surface area contributed by atoms with Gasteiger partial charge in [-0.3, -0.25) is 4.79 Å². The van der Waals surface area contributed by atoms with Gasteiger partial charge >= 0.3 is 12.1 Å². The predicted molar refractivity (Wildman–Crippen MR) is 122 cm³/mol. The maximum Gasteiger partial charge on any atom is 0.408 e. The fourth-order valence-corrected chi connectivity index (χ4v) is 4.24. The zero-order valence-electron chi connectivity index (χ0n) is 21.4. The van der Waals surface area contributed by atoms with E-state index in [-0.39, 0.29) is 11.6 Å². The molecule has 0 aromatic heterocycles. The summed E-state index contributed by atoms with van der Waals surface area (Å²) in [6.45, 7) is 20.2. The summed E-state index contributed by atoms with van der Waals surface area (Å²) in [5.74, 6) is -1.45. The summed E-state index contributed by atoms with van der Waals surface area (Å²) < 4.78 is 29.1. The highest BCUT2D eigenvalue weighted by Gasteiger charge is 2.49. The van der Waals surface area contributed by atoms with Gasteiger partial charge < -0.3 is 33.5 Å². The van der Waals surface area contributed by atoms with Crippen LogP contribution in [0.1, 0.15) is 62.3 Å². The highest BCUT2D eigenvalue weighted by Crippen LogP contribution is 2.39. The molecule has 0 unspecified atom stereocenters. The first kappa shape index (κ1) is 28.5. The molecular formula is C22H41NO8Si. The summed E-state index contributed by atoms with van der Waals surface area (Å²) >= 11 is 0. The number of carbonyl (C=O) groups is 3. The molecule has 4 atom stereocenters. The van der Waals surface area contributed by atoms with E-state index < -0.39 is 56.1 Å². The Kier molecular flexibility index (Phi) is 9.09. The Hall–Kier alpha value is -1.49. The van der Waals surface area contributed by atoms with E-state index in [1.54, 1.807) is 34.6 Å². The van der Waals surface area contributed by atoms with Crippen molar-refractivity contribution in [1.29, 1.82) is 0 Å². The van der Waals surface area contributed by atoms with Gasteiger partial charge in [-0.15, -0.1) is 0 Å². The molecule has 0 bridgehead atoms. The van der Waals surface area contributed by atoms with Crippen LogP contribution in [0.5, 0.6) is 0 Å². The lowest BCUT2D eigenvalue weighted by Gasteiger charge is -2.43. The topological polar surface area (TPSA) is 109 Å². The number of alkyl carbamates (subject to hydrolysis) is 1. The molecule has 186 valence electrons. The number of ether oxygens (including phenoxy) is 4. The molecule has 1 rings (SSSR count). The smallest absolute Gasteiger partial charge is 0.408 e. The van der Waals surface area contributed by atoms with Crippen LogP contribution in [-0.4, -0.2) is 69.0 Å². The minimum atomic E-state index is -2.48. The molecule has 0 aromatic carbocycles. The van der Waals surface area contributed by atoms with E-state index in [0.29, 0.717) is 6.29 Å². The van der Waals surface area contributed by atoms with Gasteiger partial charge in [0.2, 0.25) is 0 Å². The summed E-state index contributed by atoms with van der Waals surface area (Å²) in [7, 11) is -2.48. The van der Waals surface area contributed by atoms with Crippen LogP contribution in [0.15, 0.2) is 0 Å². The molecule has 9 nitrogen and oxygen atoms in total. The lowest BCUT2D eigenvalue weighted by Crippen LogP contribution is -2.60. The maximum atomic E-state index is 12.5. The third kappa shape index (κ3) is 8.46. The van der Waals surface area contributed by atoms with E-state index in [0.717, 1.165) is 0 Å². The molecule has 1 saturated heterocycles. The fraction of sp³-hybridized carbons (Fsp3) is 0.864. The average molecular weight is 476 g/mol. The fourth-order valence-electron chi connectivity index (χ4n) is 2.92. The van der Waals surface area contributed by atoms with Gasteiger partial charge in [0.25, 0.3) is 0 Å². The summed E-state index contributed by atoms with van der Waals surface area (Å²) in [6, 6.07) is -1.14. The van der Waals surface area contributed by atoms with E-state index in [1.165, 1.54) is 6.92 Å². The van der Waals surface area contributed by atoms with E-state index in [2.05, 4.69) is 5.32 Å². The van der Waals surface area contributed by atoms with Gasteiger partial charge in [-0.05, 0) is 52.8 Å². The molecule has 0 aromatic rings. The van der Waals surface area contributed by atoms with Crippen LogP contribution in [0.3, 0.4) is 0 Å². The van der Waals surface area contributed by atoms with E-state index in [9.17, 15) is 14.4 Å². The molecule has 1 aliphatic rings. The molecule has 0 spiro atoms. The van der Waals surface area contributed by atoms with Gasteiger partial charge in [0.15, 0.2) is 20.2 Å². The molecule has 10 heteroatoms. The third-order valence-electron chi connectivity index (χ3n) is 5.44. The van der Waals surface area contributed by atoms with Crippen molar-refractivity contribution in [2.75, 3.05) is 6.61 Å². The van der Waals surface area contributed by atoms with Crippen LogP contribution >= 0.6 is 0 Å². The zero-order chi connectivity index (χ0) is 25.1. The first-order valence-corrected chi connectivity index (χ1v) is 13.8. The Labute approximate surface area is 193 Å². The number of carbonyl (C=O) groups excluding carboxylic acids is 3. The largest absolute Gasteiger partial charge is 0.457 e. The molecular weight excluding hydrogens is 434 g/mol. The van der Waals surface area contributed by atoms with Crippen LogP contribution in [0.2, 0.25) is 18.1 Å². The second kappa shape index (κ2) is 10.2. The van der Waals surface area contributed by atoms with Crippen molar-refractivity contribution >= 4 is 26.7 Å². The molecule has 1 fully saturated rings. The number of rotatable bonds is 8. The van der Waals surface area contributed by atoms with Crippen LogP contribution in [0.25, 0.3) is 0 Å². The molecule has 32 heavy (non-hydrogen) atoms. The van der Waals surface area contributed by atoms with Crippen molar-refractivity contribution in [3.05, 3.63) is 0 Å². The van der Waals surface area contributed by atoms with Crippen molar-refractivity contribution < 1.29 is 37.8 Å². The van der Waals surface area contributed by atoms with E-state index in [1.807, 2.05) is 33.9 Å². The highest BCUT2D eigenvalue weighted by atomic mass is 28.4. The first-order valence-electron chi connectivity index (χ1n) is 10.9.